The second-order valence-corrected chi connectivity index (χ2v) is 5.82. The summed E-state index contributed by atoms with van der Waals surface area (Å²) in [5, 5.41) is 10.4. The average Bonchev–Trinajstić information content (AvgIpc) is 2.55. The summed E-state index contributed by atoms with van der Waals surface area (Å²) in [7, 11) is 0. The maximum Gasteiger partial charge on any atom is 0.122 e. The van der Waals surface area contributed by atoms with Gasteiger partial charge in [-0.2, -0.15) is 0 Å². The number of hydrogen-bond donors (Lipinski definition) is 0. The summed E-state index contributed by atoms with van der Waals surface area (Å²) >= 11 is 0. The molecule has 0 saturated heterocycles. The van der Waals surface area contributed by atoms with Crippen LogP contribution in [0.2, 0.25) is 0 Å². The minimum absolute atomic E-state index is 0.0453. The van der Waals surface area contributed by atoms with Gasteiger partial charge in [0.05, 0.1) is 12.7 Å². The molecule has 0 aliphatic carbocycles. The van der Waals surface area contributed by atoms with Gasteiger partial charge in [0.15, 0.2) is 0 Å². The van der Waals surface area contributed by atoms with E-state index in [-0.39, 0.29) is 19.3 Å². The normalized spacial score (nSPS) is 12.3. The molecule has 1 unspecified atom stereocenters. The molecule has 1 rings (SSSR count). The van der Waals surface area contributed by atoms with Crippen LogP contribution in [0.4, 0.5) is 0 Å². The smallest absolute Gasteiger partial charge is 0.122 e. The van der Waals surface area contributed by atoms with E-state index in [1.54, 1.807) is 0 Å². The van der Waals surface area contributed by atoms with E-state index in [0.717, 1.165) is 12.2 Å². The van der Waals surface area contributed by atoms with Crippen molar-refractivity contribution in [2.45, 2.75) is 64.9 Å². The predicted molar refractivity (Wildman–Crippen MR) is 90.0 cm³/mol. The molecule has 1 aromatic rings. The van der Waals surface area contributed by atoms with Crippen LogP contribution in [0, 0.1) is 0 Å². The van der Waals surface area contributed by atoms with Crippen LogP contribution < -0.4 is 4.74 Å². The summed E-state index contributed by atoms with van der Waals surface area (Å²) in [6.07, 6.45) is 8.85. The molecule has 0 saturated carbocycles. The Morgan fingerprint density at radius 3 is 2.55 bits per heavy atom. The van der Waals surface area contributed by atoms with Crippen molar-refractivity contribution in [3.8, 4) is 5.75 Å². The van der Waals surface area contributed by atoms with Crippen molar-refractivity contribution in [1.29, 1.82) is 0 Å². The fourth-order valence-electron chi connectivity index (χ4n) is 2.45. The highest BCUT2D eigenvalue weighted by Gasteiger charge is 2.07. The number of unbranched alkanes of at least 4 members (excludes halogenated alkanes) is 5. The maximum absolute atomic E-state index is 10.4. The van der Waals surface area contributed by atoms with Crippen LogP contribution in [0.15, 0.2) is 24.3 Å². The highest BCUT2D eigenvalue weighted by Crippen LogP contribution is 2.21. The molecular formula is C19H31O3. The summed E-state index contributed by atoms with van der Waals surface area (Å²) < 4.78 is 11.2. The van der Waals surface area contributed by atoms with Gasteiger partial charge in [-0.1, -0.05) is 57.2 Å². The van der Waals surface area contributed by atoms with Gasteiger partial charge in [-0.15, -0.1) is 0 Å². The molecule has 22 heavy (non-hydrogen) atoms. The Morgan fingerprint density at radius 1 is 1.05 bits per heavy atom. The Hall–Kier alpha value is -1.06. The lowest BCUT2D eigenvalue weighted by Crippen LogP contribution is -2.20. The van der Waals surface area contributed by atoms with Crippen LogP contribution in [0.3, 0.4) is 0 Å². The quantitative estimate of drug-likeness (QED) is 0.491. The third-order valence-electron chi connectivity index (χ3n) is 3.73. The highest BCUT2D eigenvalue weighted by atomic mass is 16.5. The standard InChI is InChI=1S/C19H31O3/c1-3-4-5-6-7-8-11-18-12-9-10-13-19(18)22-16-17(2)21-15-14-20/h9-10,12-13,17H,3-8,11,14-16H2,1-2H3. The molecule has 3 nitrogen and oxygen atoms in total. The van der Waals surface area contributed by atoms with Crippen molar-refractivity contribution >= 4 is 0 Å². The fourth-order valence-corrected chi connectivity index (χ4v) is 2.45. The van der Waals surface area contributed by atoms with Crippen LogP contribution in [0.1, 0.15) is 57.9 Å². The zero-order valence-corrected chi connectivity index (χ0v) is 14.2. The number of benzene rings is 1. The number of aryl methyl sites for hydroxylation is 1. The topological polar surface area (TPSA) is 38.4 Å². The number of para-hydroxylation sites is 1. The minimum atomic E-state index is -0.195. The molecule has 0 amide bonds. The van der Waals surface area contributed by atoms with E-state index in [1.807, 2.05) is 19.1 Å². The van der Waals surface area contributed by atoms with Gasteiger partial charge in [0.2, 0.25) is 0 Å². The molecule has 0 aliphatic rings. The Bertz CT molecular complexity index is 379. The third-order valence-corrected chi connectivity index (χ3v) is 3.73. The summed E-state index contributed by atoms with van der Waals surface area (Å²) in [4.78, 5) is 0. The molecule has 0 N–H and O–H groups in total. The first-order chi connectivity index (χ1) is 10.8. The predicted octanol–water partition coefficient (Wildman–Crippen LogP) is 4.80. The van der Waals surface area contributed by atoms with Crippen molar-refractivity contribution in [1.82, 2.24) is 0 Å². The van der Waals surface area contributed by atoms with Crippen molar-refractivity contribution in [3.63, 3.8) is 0 Å². The molecule has 0 spiro atoms. The van der Waals surface area contributed by atoms with E-state index in [1.165, 1.54) is 44.1 Å². The van der Waals surface area contributed by atoms with Gasteiger partial charge in [0.1, 0.15) is 19.0 Å². The molecule has 0 aliphatic heterocycles. The van der Waals surface area contributed by atoms with Gasteiger partial charge in [0, 0.05) is 0 Å². The molecule has 0 bridgehead atoms. The molecule has 1 aromatic carbocycles. The van der Waals surface area contributed by atoms with Crippen molar-refractivity contribution < 1.29 is 14.6 Å². The third kappa shape index (κ3) is 8.40. The Labute approximate surface area is 135 Å². The molecule has 0 fully saturated rings. The molecular weight excluding hydrogens is 276 g/mol. The highest BCUT2D eigenvalue weighted by molar-refractivity contribution is 5.33. The van der Waals surface area contributed by atoms with E-state index >= 15 is 0 Å². The van der Waals surface area contributed by atoms with Gasteiger partial charge in [-0.25, -0.2) is 5.11 Å². The molecule has 1 atom stereocenters. The van der Waals surface area contributed by atoms with Crippen LogP contribution in [0.25, 0.3) is 0 Å². The second-order valence-electron chi connectivity index (χ2n) is 5.82. The summed E-state index contributed by atoms with van der Waals surface area (Å²) in [5.74, 6) is 0.952. The number of ether oxygens (including phenoxy) is 2. The SMILES string of the molecule is CCCCCCCCc1ccccc1OCC(C)OCC[O]. The van der Waals surface area contributed by atoms with Crippen LogP contribution in [-0.2, 0) is 16.3 Å². The molecule has 0 heterocycles. The van der Waals surface area contributed by atoms with Crippen molar-refractivity contribution in [3.05, 3.63) is 29.8 Å². The van der Waals surface area contributed by atoms with E-state index in [4.69, 9.17) is 9.47 Å². The largest absolute Gasteiger partial charge is 0.491 e. The zero-order valence-electron chi connectivity index (χ0n) is 14.2. The second kappa shape index (κ2) is 12.5. The van der Waals surface area contributed by atoms with Crippen molar-refractivity contribution in [2.24, 2.45) is 0 Å². The zero-order chi connectivity index (χ0) is 16.0. The van der Waals surface area contributed by atoms with Gasteiger partial charge < -0.3 is 9.47 Å². The molecule has 125 valence electrons. The first-order valence-corrected chi connectivity index (χ1v) is 8.68. The average molecular weight is 307 g/mol. The first-order valence-electron chi connectivity index (χ1n) is 8.68. The van der Waals surface area contributed by atoms with E-state index < -0.39 is 0 Å². The van der Waals surface area contributed by atoms with Crippen LogP contribution in [-0.4, -0.2) is 25.9 Å². The van der Waals surface area contributed by atoms with Gasteiger partial charge >= 0.3 is 0 Å². The summed E-state index contributed by atoms with van der Waals surface area (Å²) in [5.41, 5.74) is 1.27. The summed E-state index contributed by atoms with van der Waals surface area (Å²) in [6, 6.07) is 8.23. The van der Waals surface area contributed by atoms with Crippen molar-refractivity contribution in [2.75, 3.05) is 19.8 Å². The summed E-state index contributed by atoms with van der Waals surface area (Å²) in [6.45, 7) is 4.73. The van der Waals surface area contributed by atoms with Gasteiger partial charge in [-0.05, 0) is 31.4 Å². The van der Waals surface area contributed by atoms with E-state index in [2.05, 4.69) is 19.1 Å². The lowest BCUT2D eigenvalue weighted by atomic mass is 10.0. The molecule has 0 aromatic heterocycles. The first kappa shape index (κ1) is 19.0. The Kier molecular flexibility index (Phi) is 10.8. The van der Waals surface area contributed by atoms with Gasteiger partial charge in [-0.3, -0.25) is 0 Å². The lowest BCUT2D eigenvalue weighted by molar-refractivity contribution is -0.000196. The monoisotopic (exact) mass is 307 g/mol. The lowest BCUT2D eigenvalue weighted by Gasteiger charge is -2.15. The molecule has 3 heteroatoms. The maximum atomic E-state index is 10.4. The Morgan fingerprint density at radius 2 is 1.77 bits per heavy atom. The fraction of sp³-hybridized carbons (Fsp3) is 0.684. The van der Waals surface area contributed by atoms with E-state index in [0.29, 0.717) is 6.61 Å². The number of hydrogen-bond acceptors (Lipinski definition) is 2. The van der Waals surface area contributed by atoms with E-state index in [9.17, 15) is 5.11 Å². The Balaban J connectivity index is 2.31. The minimum Gasteiger partial charge on any atom is -0.491 e. The van der Waals surface area contributed by atoms with Gasteiger partial charge in [0.25, 0.3) is 0 Å². The van der Waals surface area contributed by atoms with Crippen LogP contribution in [0.5, 0.6) is 5.75 Å². The number of rotatable bonds is 13. The van der Waals surface area contributed by atoms with Crippen LogP contribution >= 0.6 is 0 Å². The molecule has 1 radical (unpaired) electrons.